The van der Waals surface area contributed by atoms with Crippen molar-refractivity contribution in [2.45, 2.75) is 6.54 Å². The molecule has 1 aromatic heterocycles. The lowest BCUT2D eigenvalue weighted by atomic mass is 10.2. The molecular weight excluding hydrogens is 326 g/mol. The molecule has 7 heteroatoms. The summed E-state index contributed by atoms with van der Waals surface area (Å²) in [7, 11) is 0. The van der Waals surface area contributed by atoms with E-state index in [-0.39, 0.29) is 11.4 Å². The van der Waals surface area contributed by atoms with Gasteiger partial charge in [0.25, 0.3) is 5.91 Å². The molecule has 3 aromatic rings. The van der Waals surface area contributed by atoms with Gasteiger partial charge in [-0.15, -0.1) is 10.2 Å². The third-order valence-corrected chi connectivity index (χ3v) is 3.39. The molecule has 2 aromatic carbocycles. The summed E-state index contributed by atoms with van der Waals surface area (Å²) in [4.78, 5) is 12.0. The maximum absolute atomic E-state index is 13.6. The van der Waals surface area contributed by atoms with Gasteiger partial charge < -0.3 is 10.6 Å². The molecule has 0 unspecified atom stereocenters. The van der Waals surface area contributed by atoms with E-state index < -0.39 is 17.5 Å². The molecule has 126 valence electrons. The van der Waals surface area contributed by atoms with Crippen LogP contribution in [0.15, 0.2) is 60.7 Å². The molecule has 0 aliphatic heterocycles. The summed E-state index contributed by atoms with van der Waals surface area (Å²) in [5, 5.41) is 13.1. The van der Waals surface area contributed by atoms with Crippen LogP contribution in [-0.2, 0) is 6.54 Å². The van der Waals surface area contributed by atoms with Gasteiger partial charge in [0.15, 0.2) is 5.69 Å². The number of aromatic nitrogens is 2. The first-order valence-electron chi connectivity index (χ1n) is 7.50. The van der Waals surface area contributed by atoms with Crippen LogP contribution in [0.25, 0.3) is 0 Å². The lowest BCUT2D eigenvalue weighted by Crippen LogP contribution is -2.15. The van der Waals surface area contributed by atoms with Crippen molar-refractivity contribution < 1.29 is 13.6 Å². The van der Waals surface area contributed by atoms with E-state index in [4.69, 9.17) is 0 Å². The van der Waals surface area contributed by atoms with Crippen molar-refractivity contribution in [2.24, 2.45) is 0 Å². The number of hydrogen-bond acceptors (Lipinski definition) is 4. The number of anilines is 2. The van der Waals surface area contributed by atoms with Crippen LogP contribution in [-0.4, -0.2) is 16.1 Å². The normalized spacial score (nSPS) is 10.3. The van der Waals surface area contributed by atoms with Gasteiger partial charge in [0, 0.05) is 12.6 Å². The Morgan fingerprint density at radius 1 is 0.960 bits per heavy atom. The van der Waals surface area contributed by atoms with E-state index in [0.29, 0.717) is 18.4 Å². The first-order valence-corrected chi connectivity index (χ1v) is 7.50. The Morgan fingerprint density at radius 2 is 1.76 bits per heavy atom. The van der Waals surface area contributed by atoms with Crippen molar-refractivity contribution in [3.8, 4) is 0 Å². The third-order valence-electron chi connectivity index (χ3n) is 3.39. The smallest absolute Gasteiger partial charge is 0.276 e. The summed E-state index contributed by atoms with van der Waals surface area (Å²) >= 11 is 0. The fraction of sp³-hybridized carbons (Fsp3) is 0.0556. The largest absolute Gasteiger partial charge is 0.365 e. The van der Waals surface area contributed by atoms with Crippen LogP contribution >= 0.6 is 0 Å². The Hall–Kier alpha value is -3.35. The number of carbonyl (C=O) groups is 1. The average Bonchev–Trinajstić information content (AvgIpc) is 2.63. The van der Waals surface area contributed by atoms with Crippen LogP contribution in [0.3, 0.4) is 0 Å². The number of rotatable bonds is 5. The molecule has 0 bridgehead atoms. The number of hydrogen-bond donors (Lipinski definition) is 2. The maximum Gasteiger partial charge on any atom is 0.276 e. The molecule has 3 rings (SSSR count). The van der Waals surface area contributed by atoms with Crippen LogP contribution in [0.2, 0.25) is 0 Å². The van der Waals surface area contributed by atoms with Gasteiger partial charge in [0.05, 0.1) is 5.69 Å². The topological polar surface area (TPSA) is 66.9 Å². The molecule has 0 saturated heterocycles. The quantitative estimate of drug-likeness (QED) is 0.744. The number of halogens is 2. The summed E-state index contributed by atoms with van der Waals surface area (Å²) in [6.45, 7) is 0.571. The second-order valence-electron chi connectivity index (χ2n) is 5.22. The van der Waals surface area contributed by atoms with Crippen molar-refractivity contribution in [3.05, 3.63) is 83.6 Å². The molecule has 0 atom stereocenters. The molecule has 0 spiro atoms. The molecule has 2 N–H and O–H groups in total. The SMILES string of the molecule is O=C(Nc1ccc(F)cc1F)c1ccc(NCc2ccccc2)nn1. The van der Waals surface area contributed by atoms with Gasteiger partial charge >= 0.3 is 0 Å². The van der Waals surface area contributed by atoms with Crippen molar-refractivity contribution in [1.29, 1.82) is 0 Å². The second kappa shape index (κ2) is 7.48. The van der Waals surface area contributed by atoms with E-state index in [9.17, 15) is 13.6 Å². The molecule has 0 aliphatic rings. The minimum Gasteiger partial charge on any atom is -0.365 e. The minimum absolute atomic E-state index is 0.0222. The highest BCUT2D eigenvalue weighted by Gasteiger charge is 2.12. The highest BCUT2D eigenvalue weighted by Crippen LogP contribution is 2.16. The number of benzene rings is 2. The maximum atomic E-state index is 13.6. The lowest BCUT2D eigenvalue weighted by molar-refractivity contribution is 0.102. The van der Waals surface area contributed by atoms with E-state index in [2.05, 4.69) is 20.8 Å². The van der Waals surface area contributed by atoms with E-state index in [1.54, 1.807) is 6.07 Å². The Labute approximate surface area is 142 Å². The summed E-state index contributed by atoms with van der Waals surface area (Å²) in [6, 6.07) is 15.7. The Morgan fingerprint density at radius 3 is 2.44 bits per heavy atom. The average molecular weight is 340 g/mol. The molecule has 0 fully saturated rings. The fourth-order valence-corrected chi connectivity index (χ4v) is 2.11. The van der Waals surface area contributed by atoms with Gasteiger partial charge in [-0.1, -0.05) is 30.3 Å². The molecule has 1 amide bonds. The first kappa shape index (κ1) is 16.5. The number of nitrogens with one attached hydrogen (secondary N) is 2. The predicted molar refractivity (Wildman–Crippen MR) is 90.1 cm³/mol. The standard InChI is InChI=1S/C18H14F2N4O/c19-13-6-7-15(14(20)10-13)22-18(25)16-8-9-17(24-23-16)21-11-12-4-2-1-3-5-12/h1-10H,11H2,(H,21,24)(H,22,25). The Balaban J connectivity index is 1.62. The molecular formula is C18H14F2N4O. The van der Waals surface area contributed by atoms with E-state index >= 15 is 0 Å². The summed E-state index contributed by atoms with van der Waals surface area (Å²) in [5.41, 5.74) is 0.978. The molecule has 0 radical (unpaired) electrons. The predicted octanol–water partition coefficient (Wildman–Crippen LogP) is 3.62. The monoisotopic (exact) mass is 340 g/mol. The van der Waals surface area contributed by atoms with Gasteiger partial charge in [0.2, 0.25) is 0 Å². The fourth-order valence-electron chi connectivity index (χ4n) is 2.11. The van der Waals surface area contributed by atoms with Crippen molar-refractivity contribution in [2.75, 3.05) is 10.6 Å². The molecule has 0 aliphatic carbocycles. The Kier molecular flexibility index (Phi) is 4.94. The summed E-state index contributed by atoms with van der Waals surface area (Å²) < 4.78 is 26.4. The van der Waals surface area contributed by atoms with E-state index in [1.807, 2.05) is 30.3 Å². The third kappa shape index (κ3) is 4.35. The zero-order valence-electron chi connectivity index (χ0n) is 13.0. The summed E-state index contributed by atoms with van der Waals surface area (Å²) in [5.74, 6) is -1.70. The first-order chi connectivity index (χ1) is 12.1. The zero-order valence-corrected chi connectivity index (χ0v) is 13.0. The molecule has 0 saturated carbocycles. The molecule has 5 nitrogen and oxygen atoms in total. The van der Waals surface area contributed by atoms with Gasteiger partial charge in [0.1, 0.15) is 17.5 Å². The Bertz CT molecular complexity index is 870. The van der Waals surface area contributed by atoms with Gasteiger partial charge in [-0.2, -0.15) is 0 Å². The second-order valence-corrected chi connectivity index (χ2v) is 5.22. The van der Waals surface area contributed by atoms with Crippen molar-refractivity contribution in [1.82, 2.24) is 10.2 Å². The minimum atomic E-state index is -0.859. The summed E-state index contributed by atoms with van der Waals surface area (Å²) in [6.07, 6.45) is 0. The lowest BCUT2D eigenvalue weighted by Gasteiger charge is -2.07. The van der Waals surface area contributed by atoms with Gasteiger partial charge in [-0.25, -0.2) is 8.78 Å². The van der Waals surface area contributed by atoms with Gasteiger partial charge in [-0.3, -0.25) is 4.79 Å². The number of carbonyl (C=O) groups excluding carboxylic acids is 1. The van der Waals surface area contributed by atoms with Crippen molar-refractivity contribution in [3.63, 3.8) is 0 Å². The van der Waals surface area contributed by atoms with Crippen molar-refractivity contribution >= 4 is 17.4 Å². The highest BCUT2D eigenvalue weighted by atomic mass is 19.1. The van der Waals surface area contributed by atoms with Crippen LogP contribution in [0.5, 0.6) is 0 Å². The highest BCUT2D eigenvalue weighted by molar-refractivity contribution is 6.02. The number of nitrogens with zero attached hydrogens (tertiary/aromatic N) is 2. The number of amides is 1. The van der Waals surface area contributed by atoms with E-state index in [1.165, 1.54) is 6.07 Å². The van der Waals surface area contributed by atoms with E-state index in [0.717, 1.165) is 17.7 Å². The van der Waals surface area contributed by atoms with Crippen LogP contribution in [0.4, 0.5) is 20.3 Å². The van der Waals surface area contributed by atoms with Crippen LogP contribution in [0.1, 0.15) is 16.1 Å². The van der Waals surface area contributed by atoms with Gasteiger partial charge in [-0.05, 0) is 29.8 Å². The molecule has 1 heterocycles. The van der Waals surface area contributed by atoms with Crippen LogP contribution in [0, 0.1) is 11.6 Å². The molecule has 25 heavy (non-hydrogen) atoms. The zero-order chi connectivity index (χ0) is 17.6. The van der Waals surface area contributed by atoms with Crippen LogP contribution < -0.4 is 10.6 Å².